The number of methoxy groups -OCH3 is 1. The number of oxazole rings is 1. The Morgan fingerprint density at radius 1 is 1.10 bits per heavy atom. The third-order valence-electron chi connectivity index (χ3n) is 5.31. The Hall–Kier alpha value is -3.60. The van der Waals surface area contributed by atoms with Crippen LogP contribution in [0.2, 0.25) is 0 Å². The SMILES string of the molecule is CC[C@H](C)c1ccc2oc(-c3cccc(NC(=O)c4ccccc4OC)c3)nc2c1. The molecule has 0 saturated carbocycles. The minimum atomic E-state index is -0.236. The van der Waals surface area contributed by atoms with E-state index in [2.05, 4.69) is 36.3 Å². The van der Waals surface area contributed by atoms with Crippen molar-refractivity contribution in [1.29, 1.82) is 0 Å². The molecule has 30 heavy (non-hydrogen) atoms. The van der Waals surface area contributed by atoms with Crippen LogP contribution in [0.5, 0.6) is 5.75 Å². The monoisotopic (exact) mass is 400 g/mol. The lowest BCUT2D eigenvalue weighted by Crippen LogP contribution is -2.13. The third-order valence-corrected chi connectivity index (χ3v) is 5.31. The summed E-state index contributed by atoms with van der Waals surface area (Å²) in [5, 5.41) is 2.92. The number of carbonyl (C=O) groups excluding carboxylic acids is 1. The molecule has 1 atom stereocenters. The number of aromatic nitrogens is 1. The lowest BCUT2D eigenvalue weighted by atomic mass is 9.98. The molecule has 1 N–H and O–H groups in total. The number of carbonyl (C=O) groups is 1. The molecule has 1 aromatic heterocycles. The van der Waals surface area contributed by atoms with E-state index in [0.29, 0.717) is 28.8 Å². The van der Waals surface area contributed by atoms with E-state index in [4.69, 9.17) is 9.15 Å². The van der Waals surface area contributed by atoms with Gasteiger partial charge in [0.15, 0.2) is 5.58 Å². The van der Waals surface area contributed by atoms with Crippen LogP contribution in [0.15, 0.2) is 71.1 Å². The van der Waals surface area contributed by atoms with Gasteiger partial charge in [0, 0.05) is 11.3 Å². The van der Waals surface area contributed by atoms with Crippen molar-refractivity contribution in [3.8, 4) is 17.2 Å². The average Bonchev–Trinajstić information content (AvgIpc) is 3.22. The average molecular weight is 400 g/mol. The molecular weight excluding hydrogens is 376 g/mol. The molecule has 0 radical (unpaired) electrons. The van der Waals surface area contributed by atoms with Gasteiger partial charge in [-0.25, -0.2) is 4.98 Å². The van der Waals surface area contributed by atoms with Crippen molar-refractivity contribution in [3.05, 3.63) is 77.9 Å². The highest BCUT2D eigenvalue weighted by atomic mass is 16.5. The van der Waals surface area contributed by atoms with Gasteiger partial charge in [-0.1, -0.05) is 38.1 Å². The minimum absolute atomic E-state index is 0.236. The van der Waals surface area contributed by atoms with Crippen molar-refractivity contribution in [2.24, 2.45) is 0 Å². The molecule has 0 spiro atoms. The predicted molar refractivity (Wildman–Crippen MR) is 119 cm³/mol. The highest BCUT2D eigenvalue weighted by Crippen LogP contribution is 2.29. The van der Waals surface area contributed by atoms with E-state index in [1.165, 1.54) is 5.56 Å². The zero-order valence-corrected chi connectivity index (χ0v) is 17.3. The van der Waals surface area contributed by atoms with Gasteiger partial charge >= 0.3 is 0 Å². The first-order valence-corrected chi connectivity index (χ1v) is 10.0. The topological polar surface area (TPSA) is 64.4 Å². The van der Waals surface area contributed by atoms with E-state index in [1.54, 1.807) is 25.3 Å². The molecule has 4 aromatic rings. The zero-order valence-electron chi connectivity index (χ0n) is 17.3. The summed E-state index contributed by atoms with van der Waals surface area (Å²) in [5.41, 5.74) is 4.78. The van der Waals surface area contributed by atoms with Gasteiger partial charge in [-0.15, -0.1) is 0 Å². The van der Waals surface area contributed by atoms with E-state index in [1.807, 2.05) is 36.4 Å². The lowest BCUT2D eigenvalue weighted by Gasteiger charge is -2.09. The quantitative estimate of drug-likeness (QED) is 0.414. The van der Waals surface area contributed by atoms with Crippen molar-refractivity contribution in [1.82, 2.24) is 4.98 Å². The second-order valence-corrected chi connectivity index (χ2v) is 7.29. The fourth-order valence-electron chi connectivity index (χ4n) is 3.37. The molecule has 0 bridgehead atoms. The molecule has 0 aliphatic rings. The molecule has 5 heteroatoms. The number of ether oxygens (including phenoxy) is 1. The van der Waals surface area contributed by atoms with Crippen LogP contribution >= 0.6 is 0 Å². The van der Waals surface area contributed by atoms with Gasteiger partial charge in [0.25, 0.3) is 5.91 Å². The van der Waals surface area contributed by atoms with Crippen LogP contribution in [0.25, 0.3) is 22.6 Å². The molecule has 1 heterocycles. The number of hydrogen-bond acceptors (Lipinski definition) is 4. The molecule has 0 aliphatic heterocycles. The fourth-order valence-corrected chi connectivity index (χ4v) is 3.37. The Morgan fingerprint density at radius 3 is 2.73 bits per heavy atom. The summed E-state index contributed by atoms with van der Waals surface area (Å²) in [7, 11) is 1.55. The maximum Gasteiger partial charge on any atom is 0.259 e. The van der Waals surface area contributed by atoms with Gasteiger partial charge < -0.3 is 14.5 Å². The normalized spacial score (nSPS) is 12.0. The number of rotatable bonds is 6. The van der Waals surface area contributed by atoms with Crippen molar-refractivity contribution in [2.45, 2.75) is 26.2 Å². The van der Waals surface area contributed by atoms with Gasteiger partial charge in [-0.2, -0.15) is 0 Å². The van der Waals surface area contributed by atoms with Crippen LogP contribution in [0, 0.1) is 0 Å². The zero-order chi connectivity index (χ0) is 21.1. The second kappa shape index (κ2) is 8.41. The Balaban J connectivity index is 1.61. The van der Waals surface area contributed by atoms with E-state index >= 15 is 0 Å². The number of fused-ring (bicyclic) bond motifs is 1. The molecule has 5 nitrogen and oxygen atoms in total. The molecule has 0 fully saturated rings. The van der Waals surface area contributed by atoms with Gasteiger partial charge in [0.2, 0.25) is 5.89 Å². The first-order valence-electron chi connectivity index (χ1n) is 10.0. The van der Waals surface area contributed by atoms with Gasteiger partial charge in [0.05, 0.1) is 12.7 Å². The van der Waals surface area contributed by atoms with Crippen LogP contribution in [0.1, 0.15) is 42.1 Å². The van der Waals surface area contributed by atoms with Crippen LogP contribution in [0.3, 0.4) is 0 Å². The Bertz CT molecular complexity index is 1200. The maximum absolute atomic E-state index is 12.7. The fraction of sp³-hybridized carbons (Fsp3) is 0.200. The Labute approximate surface area is 175 Å². The van der Waals surface area contributed by atoms with E-state index < -0.39 is 0 Å². The van der Waals surface area contributed by atoms with Gasteiger partial charge in [-0.3, -0.25) is 4.79 Å². The van der Waals surface area contributed by atoms with Crippen LogP contribution < -0.4 is 10.1 Å². The van der Waals surface area contributed by atoms with E-state index in [9.17, 15) is 4.79 Å². The number of nitrogens with one attached hydrogen (secondary N) is 1. The number of amides is 1. The van der Waals surface area contributed by atoms with Crippen molar-refractivity contribution >= 4 is 22.7 Å². The van der Waals surface area contributed by atoms with Crippen LogP contribution in [-0.4, -0.2) is 18.0 Å². The number of para-hydroxylation sites is 1. The van der Waals surface area contributed by atoms with Crippen molar-refractivity contribution in [2.75, 3.05) is 12.4 Å². The Morgan fingerprint density at radius 2 is 1.93 bits per heavy atom. The molecule has 3 aromatic carbocycles. The number of hydrogen-bond donors (Lipinski definition) is 1. The largest absolute Gasteiger partial charge is 0.496 e. The number of nitrogens with zero attached hydrogens (tertiary/aromatic N) is 1. The molecule has 4 rings (SSSR count). The van der Waals surface area contributed by atoms with E-state index in [-0.39, 0.29) is 5.91 Å². The van der Waals surface area contributed by atoms with E-state index in [0.717, 1.165) is 23.1 Å². The van der Waals surface area contributed by atoms with Gasteiger partial charge in [0.1, 0.15) is 11.3 Å². The standard InChI is InChI=1S/C25H24N2O3/c1-4-16(2)17-12-13-23-21(15-17)27-25(30-23)18-8-7-9-19(14-18)26-24(28)20-10-5-6-11-22(20)29-3/h5-16H,4H2,1-3H3,(H,26,28)/t16-/m0/s1. The minimum Gasteiger partial charge on any atom is -0.496 e. The molecule has 152 valence electrons. The van der Waals surface area contributed by atoms with Gasteiger partial charge in [-0.05, 0) is 60.4 Å². The summed E-state index contributed by atoms with van der Waals surface area (Å²) < 4.78 is 11.2. The first kappa shape index (κ1) is 19.7. The molecule has 0 unspecified atom stereocenters. The summed E-state index contributed by atoms with van der Waals surface area (Å²) in [6.45, 7) is 4.38. The molecule has 0 aliphatic carbocycles. The van der Waals surface area contributed by atoms with Crippen molar-refractivity contribution < 1.29 is 13.9 Å². The molecular formula is C25H24N2O3. The summed E-state index contributed by atoms with van der Waals surface area (Å²) in [5.74, 6) is 1.30. The summed E-state index contributed by atoms with van der Waals surface area (Å²) >= 11 is 0. The maximum atomic E-state index is 12.7. The third kappa shape index (κ3) is 3.92. The first-order chi connectivity index (χ1) is 14.6. The highest BCUT2D eigenvalue weighted by Gasteiger charge is 2.14. The molecule has 1 amide bonds. The Kier molecular flexibility index (Phi) is 5.53. The summed E-state index contributed by atoms with van der Waals surface area (Å²) in [6.07, 6.45) is 1.07. The van der Waals surface area contributed by atoms with Crippen LogP contribution in [-0.2, 0) is 0 Å². The van der Waals surface area contributed by atoms with Crippen molar-refractivity contribution in [3.63, 3.8) is 0 Å². The van der Waals surface area contributed by atoms with Crippen LogP contribution in [0.4, 0.5) is 5.69 Å². The summed E-state index contributed by atoms with van der Waals surface area (Å²) in [4.78, 5) is 17.3. The summed E-state index contributed by atoms with van der Waals surface area (Å²) in [6, 6.07) is 20.8. The lowest BCUT2D eigenvalue weighted by molar-refractivity contribution is 0.102. The predicted octanol–water partition coefficient (Wildman–Crippen LogP) is 6.27. The second-order valence-electron chi connectivity index (χ2n) is 7.29. The highest BCUT2D eigenvalue weighted by molar-refractivity contribution is 6.06. The molecule has 0 saturated heterocycles. The smallest absolute Gasteiger partial charge is 0.259 e. The number of benzene rings is 3. The number of anilines is 1.